The number of rotatable bonds is 0. The lowest BCUT2D eigenvalue weighted by Crippen LogP contribution is -2.97. The van der Waals surface area contributed by atoms with Crippen molar-refractivity contribution >= 4 is 0 Å². The molecule has 4 nitrogen and oxygen atoms in total. The van der Waals surface area contributed by atoms with Crippen molar-refractivity contribution in [2.75, 3.05) is 0 Å². The smallest absolute Gasteiger partial charge is 0.281 e. The van der Waals surface area contributed by atoms with Crippen LogP contribution in [0.1, 0.15) is 0 Å². The Morgan fingerprint density at radius 2 is 1.88 bits per heavy atom. The summed E-state index contributed by atoms with van der Waals surface area (Å²) in [6.07, 6.45) is 4.77. The van der Waals surface area contributed by atoms with Crippen LogP contribution in [0, 0.1) is 10.1 Å². The number of hydrogen-bond acceptors (Lipinski definition) is 2. The van der Waals surface area contributed by atoms with Crippen molar-refractivity contribution in [3.05, 3.63) is 34.9 Å². The van der Waals surface area contributed by atoms with Crippen LogP contribution in [-0.2, 0) is 0 Å². The molecule has 0 saturated heterocycles. The summed E-state index contributed by atoms with van der Waals surface area (Å²) in [5.74, 6) is 0. The Hall–Kier alpha value is -1.00. The van der Waals surface area contributed by atoms with Crippen molar-refractivity contribution in [3.63, 3.8) is 0 Å². The maximum absolute atomic E-state index is 10.3. The predicted octanol–water partition coefficient (Wildman–Crippen LogP) is -0.896. The van der Waals surface area contributed by atoms with Crippen molar-refractivity contribution in [1.82, 2.24) is 0 Å². The number of hydrogen-bond donors (Lipinski definition) is 1. The van der Waals surface area contributed by atoms with Crippen molar-refractivity contribution in [1.29, 1.82) is 0 Å². The monoisotopic (exact) mass is 113 g/mol. The van der Waals surface area contributed by atoms with E-state index >= 15 is 0 Å². The lowest BCUT2D eigenvalue weighted by Gasteiger charge is -2.07. The first-order chi connectivity index (χ1) is 3.79. The van der Waals surface area contributed by atoms with Crippen molar-refractivity contribution in [2.24, 2.45) is 0 Å². The summed E-state index contributed by atoms with van der Waals surface area (Å²) in [4.78, 5) is 10.2. The molecule has 0 saturated carbocycles. The first-order valence-corrected chi connectivity index (χ1v) is 2.15. The summed E-state index contributed by atoms with van der Waals surface area (Å²) < 4.78 is 0.571. The molecule has 0 aromatic carbocycles. The van der Waals surface area contributed by atoms with Crippen LogP contribution in [0.3, 0.4) is 0 Å². The highest BCUT2D eigenvalue weighted by atomic mass is 16.5. The Kier molecular flexibility index (Phi) is 1.19. The van der Waals surface area contributed by atoms with Crippen molar-refractivity contribution < 1.29 is 9.82 Å². The molecule has 0 aliphatic carbocycles. The van der Waals surface area contributed by atoms with Crippen LogP contribution in [0.2, 0.25) is 0 Å². The number of nitrogens with zero attached hydrogens (tertiary/aromatic N) is 1. The van der Waals surface area contributed by atoms with E-state index in [1.165, 1.54) is 24.8 Å². The molecule has 0 atom stereocenters. The summed E-state index contributed by atoms with van der Waals surface area (Å²) in [5, 5.41) is 10.1. The Morgan fingerprint density at radius 1 is 1.38 bits per heavy atom. The van der Waals surface area contributed by atoms with Crippen LogP contribution in [-0.4, -0.2) is 4.76 Å². The molecule has 1 rings (SSSR count). The van der Waals surface area contributed by atoms with Crippen LogP contribution >= 0.6 is 0 Å². The molecule has 1 aliphatic heterocycles. The van der Waals surface area contributed by atoms with Gasteiger partial charge in [0.05, 0.1) is 4.76 Å². The van der Waals surface area contributed by atoms with Gasteiger partial charge in [-0.15, -0.1) is 0 Å². The first-order valence-electron chi connectivity index (χ1n) is 2.15. The minimum atomic E-state index is -0.142. The lowest BCUT2D eigenvalue weighted by molar-refractivity contribution is -0.742. The molecule has 0 spiro atoms. The van der Waals surface area contributed by atoms with E-state index in [0.29, 0.717) is 4.76 Å². The molecular weight excluding hydrogens is 108 g/mol. The molecular formula is C4H5N2O2+. The Balaban J connectivity index is 2.68. The van der Waals surface area contributed by atoms with Crippen LogP contribution in [0.25, 0.3) is 0 Å². The van der Waals surface area contributed by atoms with E-state index in [0.717, 1.165) is 0 Å². The predicted molar refractivity (Wildman–Crippen MR) is 26.2 cm³/mol. The average molecular weight is 113 g/mol. The van der Waals surface area contributed by atoms with Crippen molar-refractivity contribution in [3.8, 4) is 0 Å². The van der Waals surface area contributed by atoms with E-state index in [-0.39, 0.29) is 5.06 Å². The molecule has 1 N–H and O–H groups in total. The summed E-state index contributed by atoms with van der Waals surface area (Å²) in [6.45, 7) is 0. The molecule has 1 heterocycles. The SMILES string of the molecule is O=[N+]1C=C[NH+]([O-])C=C1. The van der Waals surface area contributed by atoms with Gasteiger partial charge < -0.3 is 10.3 Å². The molecule has 0 unspecified atom stereocenters. The van der Waals surface area contributed by atoms with Gasteiger partial charge in [0, 0.05) is 4.91 Å². The zero-order valence-electron chi connectivity index (χ0n) is 4.07. The van der Waals surface area contributed by atoms with E-state index in [1.807, 2.05) is 0 Å². The second-order valence-corrected chi connectivity index (χ2v) is 1.39. The number of nitrogens with one attached hydrogen (secondary N) is 1. The molecule has 4 heteroatoms. The fraction of sp³-hybridized carbons (Fsp3) is 0. The second kappa shape index (κ2) is 1.85. The zero-order valence-corrected chi connectivity index (χ0v) is 4.07. The standard InChI is InChI=1S/C4H5N2O2/c7-5-1-2-6(8)4-3-5/h1-5H/q+1. The number of hydroxylamine groups is 2. The fourth-order valence-electron chi connectivity index (χ4n) is 0.399. The Labute approximate surface area is 45.9 Å². The average Bonchev–Trinajstić information content (AvgIpc) is 1.77. The van der Waals surface area contributed by atoms with Gasteiger partial charge in [0.2, 0.25) is 0 Å². The third-order valence-corrected chi connectivity index (χ3v) is 0.771. The Morgan fingerprint density at radius 3 is 2.25 bits per heavy atom. The van der Waals surface area contributed by atoms with E-state index < -0.39 is 0 Å². The summed E-state index contributed by atoms with van der Waals surface area (Å²) in [5.41, 5.74) is 0. The summed E-state index contributed by atoms with van der Waals surface area (Å²) in [6, 6.07) is 0. The second-order valence-electron chi connectivity index (χ2n) is 1.39. The molecule has 0 amide bonds. The minimum absolute atomic E-state index is 0.142. The van der Waals surface area contributed by atoms with Gasteiger partial charge in [0.25, 0.3) is 12.4 Å². The number of nitroso groups, excluding NO2 is 1. The maximum atomic E-state index is 10.3. The van der Waals surface area contributed by atoms with E-state index in [2.05, 4.69) is 0 Å². The molecule has 0 fully saturated rings. The third-order valence-electron chi connectivity index (χ3n) is 0.771. The molecule has 0 bridgehead atoms. The van der Waals surface area contributed by atoms with Gasteiger partial charge in [-0.2, -0.15) is 0 Å². The molecule has 8 heavy (non-hydrogen) atoms. The van der Waals surface area contributed by atoms with Gasteiger partial charge in [-0.05, 0) is 0 Å². The Bertz CT molecular complexity index is 145. The molecule has 0 aromatic rings. The molecule has 0 radical (unpaired) electrons. The van der Waals surface area contributed by atoms with Gasteiger partial charge in [-0.3, -0.25) is 0 Å². The third kappa shape index (κ3) is 0.988. The van der Waals surface area contributed by atoms with Gasteiger partial charge in [0.15, 0.2) is 12.4 Å². The fourth-order valence-corrected chi connectivity index (χ4v) is 0.399. The van der Waals surface area contributed by atoms with Gasteiger partial charge in [0.1, 0.15) is 0 Å². The van der Waals surface area contributed by atoms with Crippen LogP contribution in [0.15, 0.2) is 24.8 Å². The van der Waals surface area contributed by atoms with Crippen molar-refractivity contribution in [2.45, 2.75) is 0 Å². The highest BCUT2D eigenvalue weighted by molar-refractivity contribution is 4.72. The quantitative estimate of drug-likeness (QED) is 0.327. The highest BCUT2D eigenvalue weighted by Gasteiger charge is 2.04. The van der Waals surface area contributed by atoms with Crippen LogP contribution < -0.4 is 5.06 Å². The lowest BCUT2D eigenvalue weighted by atomic mass is 10.7. The van der Waals surface area contributed by atoms with E-state index in [4.69, 9.17) is 0 Å². The van der Waals surface area contributed by atoms with Crippen LogP contribution in [0.4, 0.5) is 0 Å². The van der Waals surface area contributed by atoms with Crippen LogP contribution in [0.5, 0.6) is 0 Å². The first kappa shape index (κ1) is 5.14. The minimum Gasteiger partial charge on any atom is -0.624 e. The maximum Gasteiger partial charge on any atom is 0.281 e. The van der Waals surface area contributed by atoms with Gasteiger partial charge >= 0.3 is 0 Å². The summed E-state index contributed by atoms with van der Waals surface area (Å²) >= 11 is 0. The molecule has 42 valence electrons. The van der Waals surface area contributed by atoms with E-state index in [1.54, 1.807) is 0 Å². The number of quaternary nitrogens is 1. The van der Waals surface area contributed by atoms with Gasteiger partial charge in [-0.25, -0.2) is 0 Å². The summed E-state index contributed by atoms with van der Waals surface area (Å²) in [7, 11) is 0. The normalized spacial score (nSPS) is 19.9. The highest BCUT2D eigenvalue weighted by Crippen LogP contribution is 1.77. The topological polar surface area (TPSA) is 47.6 Å². The largest absolute Gasteiger partial charge is 0.624 e. The molecule has 1 aliphatic rings. The molecule has 0 aromatic heterocycles. The van der Waals surface area contributed by atoms with Gasteiger partial charge in [-0.1, -0.05) is 0 Å². The zero-order chi connectivity index (χ0) is 5.98. The van der Waals surface area contributed by atoms with E-state index in [9.17, 15) is 10.1 Å².